The second kappa shape index (κ2) is 9.58. The Balaban J connectivity index is 2.79. The first kappa shape index (κ1) is 20.4. The first-order chi connectivity index (χ1) is 11.8. The predicted molar refractivity (Wildman–Crippen MR) is 91.8 cm³/mol. The van der Waals surface area contributed by atoms with E-state index >= 15 is 0 Å². The van der Waals surface area contributed by atoms with Crippen LogP contribution < -0.4 is 15.4 Å². The number of nitro benzene ring substituents is 1. The van der Waals surface area contributed by atoms with Crippen LogP contribution in [-0.4, -0.2) is 41.1 Å². The van der Waals surface area contributed by atoms with Gasteiger partial charge in [0.25, 0.3) is 5.69 Å². The second-order valence-electron chi connectivity index (χ2n) is 5.50. The van der Waals surface area contributed by atoms with Gasteiger partial charge in [-0.2, -0.15) is 0 Å². The van der Waals surface area contributed by atoms with E-state index in [9.17, 15) is 24.8 Å². The Morgan fingerprint density at radius 1 is 1.36 bits per heavy atom. The smallest absolute Gasteiger partial charge is 0.320 e. The minimum atomic E-state index is -1.05. The number of hydrogen-bond acceptors (Lipinski definition) is 6. The molecule has 0 aliphatic rings. The first-order valence-corrected chi connectivity index (χ1v) is 7.97. The van der Waals surface area contributed by atoms with E-state index in [1.165, 1.54) is 18.2 Å². The van der Waals surface area contributed by atoms with Gasteiger partial charge in [-0.05, 0) is 25.0 Å². The maximum absolute atomic E-state index is 12.0. The number of carbonyl (C=O) groups is 2. The van der Waals surface area contributed by atoms with Gasteiger partial charge in [0, 0.05) is 0 Å². The number of aliphatic carboxylic acids is 1. The zero-order valence-electron chi connectivity index (χ0n) is 14.4. The summed E-state index contributed by atoms with van der Waals surface area (Å²) in [4.78, 5) is 33.8. The third-order valence-corrected chi connectivity index (χ3v) is 3.71. The van der Waals surface area contributed by atoms with E-state index in [2.05, 4.69) is 10.6 Å². The summed E-state index contributed by atoms with van der Waals surface area (Å²) in [5.41, 5.74) is -0.272. The van der Waals surface area contributed by atoms with Crippen molar-refractivity contribution in [2.75, 3.05) is 18.5 Å². The van der Waals surface area contributed by atoms with Crippen molar-refractivity contribution in [3.8, 4) is 5.75 Å². The molecular weight excluding hydrogens is 330 g/mol. The molecule has 0 fully saturated rings. The Kier molecular flexibility index (Phi) is 7.80. The summed E-state index contributed by atoms with van der Waals surface area (Å²) in [7, 11) is 0. The number of ether oxygens (including phenoxy) is 1. The van der Waals surface area contributed by atoms with Crippen molar-refractivity contribution in [2.45, 2.75) is 33.2 Å². The molecule has 0 saturated carbocycles. The molecule has 1 aromatic rings. The Bertz CT molecular complexity index is 634. The van der Waals surface area contributed by atoms with E-state index in [1.807, 2.05) is 6.92 Å². The third-order valence-electron chi connectivity index (χ3n) is 3.71. The fourth-order valence-electron chi connectivity index (χ4n) is 2.19. The van der Waals surface area contributed by atoms with Crippen molar-refractivity contribution < 1.29 is 24.4 Å². The lowest BCUT2D eigenvalue weighted by atomic mass is 9.99. The topological polar surface area (TPSA) is 131 Å². The minimum Gasteiger partial charge on any atom is -0.494 e. The van der Waals surface area contributed by atoms with E-state index in [4.69, 9.17) is 4.74 Å². The SMILES string of the molecule is CCOc1ccc(NC(=O)CN[C@H](C(=O)O)[C@@H](C)CC)c([N+](=O)[O-])c1. The number of rotatable bonds is 10. The van der Waals surface area contributed by atoms with Gasteiger partial charge < -0.3 is 15.2 Å². The summed E-state index contributed by atoms with van der Waals surface area (Å²) in [5.74, 6) is -1.45. The molecule has 0 aliphatic heterocycles. The lowest BCUT2D eigenvalue weighted by Gasteiger charge is -2.19. The molecule has 0 radical (unpaired) electrons. The van der Waals surface area contributed by atoms with Gasteiger partial charge in [-0.25, -0.2) is 0 Å². The van der Waals surface area contributed by atoms with Gasteiger partial charge in [0.05, 0.1) is 24.1 Å². The van der Waals surface area contributed by atoms with Crippen LogP contribution in [0.3, 0.4) is 0 Å². The van der Waals surface area contributed by atoms with Crippen molar-refractivity contribution in [1.82, 2.24) is 5.32 Å². The zero-order chi connectivity index (χ0) is 19.0. The number of carboxylic acid groups (broad SMARTS) is 1. The Morgan fingerprint density at radius 2 is 2.04 bits per heavy atom. The molecule has 0 saturated heterocycles. The van der Waals surface area contributed by atoms with Crippen molar-refractivity contribution in [2.24, 2.45) is 5.92 Å². The highest BCUT2D eigenvalue weighted by Gasteiger charge is 2.24. The van der Waals surface area contributed by atoms with Crippen LogP contribution in [0.15, 0.2) is 18.2 Å². The molecule has 9 heteroatoms. The Morgan fingerprint density at radius 3 is 2.56 bits per heavy atom. The van der Waals surface area contributed by atoms with Crippen LogP contribution in [0, 0.1) is 16.0 Å². The van der Waals surface area contributed by atoms with Crippen molar-refractivity contribution in [3.05, 3.63) is 28.3 Å². The summed E-state index contributed by atoms with van der Waals surface area (Å²) in [5, 5.41) is 25.4. The lowest BCUT2D eigenvalue weighted by Crippen LogP contribution is -2.45. The largest absolute Gasteiger partial charge is 0.494 e. The quantitative estimate of drug-likeness (QED) is 0.433. The van der Waals surface area contributed by atoms with Crippen LogP contribution in [0.1, 0.15) is 27.2 Å². The predicted octanol–water partition coefficient (Wildman–Crippen LogP) is 2.02. The molecule has 25 heavy (non-hydrogen) atoms. The normalized spacial score (nSPS) is 12.9. The Hall–Kier alpha value is -2.68. The molecule has 0 unspecified atom stereocenters. The van der Waals surface area contributed by atoms with Gasteiger partial charge in [0.1, 0.15) is 17.5 Å². The molecule has 1 rings (SSSR count). The molecule has 0 heterocycles. The number of carboxylic acids is 1. The fourth-order valence-corrected chi connectivity index (χ4v) is 2.19. The number of amides is 1. The molecule has 138 valence electrons. The zero-order valence-corrected chi connectivity index (χ0v) is 14.4. The highest BCUT2D eigenvalue weighted by atomic mass is 16.6. The van der Waals surface area contributed by atoms with Gasteiger partial charge in [-0.1, -0.05) is 20.3 Å². The molecule has 0 aliphatic carbocycles. The monoisotopic (exact) mass is 353 g/mol. The minimum absolute atomic E-state index is 0.0238. The van der Waals surface area contributed by atoms with Crippen LogP contribution in [0.4, 0.5) is 11.4 Å². The number of carbonyl (C=O) groups excluding carboxylic acids is 1. The summed E-state index contributed by atoms with van der Waals surface area (Å²) >= 11 is 0. The molecule has 1 aromatic carbocycles. The molecule has 0 bridgehead atoms. The summed E-state index contributed by atoms with van der Waals surface area (Å²) in [6.45, 7) is 5.46. The number of benzene rings is 1. The van der Waals surface area contributed by atoms with Gasteiger partial charge in [0.2, 0.25) is 5.91 Å². The molecule has 2 atom stereocenters. The molecule has 3 N–H and O–H groups in total. The Labute approximate surface area is 145 Å². The highest BCUT2D eigenvalue weighted by molar-refractivity contribution is 5.94. The van der Waals surface area contributed by atoms with Crippen molar-refractivity contribution in [3.63, 3.8) is 0 Å². The van der Waals surface area contributed by atoms with Crippen molar-refractivity contribution >= 4 is 23.3 Å². The average Bonchev–Trinajstić information content (AvgIpc) is 2.55. The summed E-state index contributed by atoms with van der Waals surface area (Å²) in [6.07, 6.45) is 0.635. The van der Waals surface area contributed by atoms with Gasteiger partial charge >= 0.3 is 5.97 Å². The standard InChI is InChI=1S/C16H23N3O6/c1-4-10(3)15(16(21)22)17-9-14(20)18-12-7-6-11(25-5-2)8-13(12)19(23)24/h6-8,10,15,17H,4-5,9H2,1-3H3,(H,18,20)(H,21,22)/t10-,15-/m0/s1. The van der Waals surface area contributed by atoms with E-state index in [-0.39, 0.29) is 23.8 Å². The maximum atomic E-state index is 12.0. The number of anilines is 1. The van der Waals surface area contributed by atoms with Crippen LogP contribution in [0.2, 0.25) is 0 Å². The number of nitrogens with one attached hydrogen (secondary N) is 2. The highest BCUT2D eigenvalue weighted by Crippen LogP contribution is 2.29. The summed E-state index contributed by atoms with van der Waals surface area (Å²) in [6, 6.07) is 3.25. The van der Waals surface area contributed by atoms with Crippen LogP contribution in [0.5, 0.6) is 5.75 Å². The maximum Gasteiger partial charge on any atom is 0.320 e. The van der Waals surface area contributed by atoms with Crippen molar-refractivity contribution in [1.29, 1.82) is 0 Å². The molecule has 1 amide bonds. The fraction of sp³-hybridized carbons (Fsp3) is 0.500. The number of hydrogen-bond donors (Lipinski definition) is 3. The van der Waals surface area contributed by atoms with Crippen LogP contribution in [0.25, 0.3) is 0 Å². The van der Waals surface area contributed by atoms with Crippen LogP contribution >= 0.6 is 0 Å². The van der Waals surface area contributed by atoms with Gasteiger partial charge in [-0.3, -0.25) is 25.0 Å². The van der Waals surface area contributed by atoms with E-state index < -0.39 is 22.8 Å². The van der Waals surface area contributed by atoms with Gasteiger partial charge in [-0.15, -0.1) is 0 Å². The summed E-state index contributed by atoms with van der Waals surface area (Å²) < 4.78 is 5.21. The van der Waals surface area contributed by atoms with E-state index in [0.29, 0.717) is 18.8 Å². The average molecular weight is 353 g/mol. The van der Waals surface area contributed by atoms with Crippen LogP contribution in [-0.2, 0) is 9.59 Å². The van der Waals surface area contributed by atoms with E-state index in [0.717, 1.165) is 0 Å². The number of nitro groups is 1. The molecule has 0 aromatic heterocycles. The molecule has 9 nitrogen and oxygen atoms in total. The van der Waals surface area contributed by atoms with Gasteiger partial charge in [0.15, 0.2) is 0 Å². The first-order valence-electron chi connectivity index (χ1n) is 7.97. The molecular formula is C16H23N3O6. The lowest BCUT2D eigenvalue weighted by molar-refractivity contribution is -0.384. The second-order valence-corrected chi connectivity index (χ2v) is 5.50. The third kappa shape index (κ3) is 6.03. The van der Waals surface area contributed by atoms with E-state index in [1.54, 1.807) is 13.8 Å². The number of nitrogens with zero attached hydrogens (tertiary/aromatic N) is 1. The molecule has 0 spiro atoms.